The van der Waals surface area contributed by atoms with E-state index in [9.17, 15) is 4.79 Å². The van der Waals surface area contributed by atoms with Gasteiger partial charge in [0.15, 0.2) is 0 Å². The van der Waals surface area contributed by atoms with Crippen LogP contribution in [0, 0.1) is 0 Å². The van der Waals surface area contributed by atoms with E-state index in [-0.39, 0.29) is 5.91 Å². The summed E-state index contributed by atoms with van der Waals surface area (Å²) in [6, 6.07) is 9.50. The van der Waals surface area contributed by atoms with Crippen LogP contribution in [0.3, 0.4) is 0 Å². The van der Waals surface area contributed by atoms with Crippen molar-refractivity contribution in [3.8, 4) is 0 Å². The Bertz CT molecular complexity index is 750. The number of ether oxygens (including phenoxy) is 1. The zero-order valence-electron chi connectivity index (χ0n) is 15.3. The molecule has 0 bridgehead atoms. The molecule has 2 aromatic rings. The summed E-state index contributed by atoms with van der Waals surface area (Å²) in [5, 5.41) is 6.97. The average molecular weight is 389 g/mol. The fraction of sp³-hybridized carbons (Fsp3) is 0.400. The quantitative estimate of drug-likeness (QED) is 0.727. The van der Waals surface area contributed by atoms with Gasteiger partial charge in [0.05, 0.1) is 24.5 Å². The molecule has 0 saturated carbocycles. The second-order valence-electron chi connectivity index (χ2n) is 6.48. The van der Waals surface area contributed by atoms with Crippen molar-refractivity contribution >= 4 is 23.2 Å². The Hall–Kier alpha value is -2.15. The molecule has 1 fully saturated rings. The number of hydrogen-bond donors (Lipinski definition) is 2. The first-order valence-electron chi connectivity index (χ1n) is 9.22. The van der Waals surface area contributed by atoms with Crippen molar-refractivity contribution in [1.29, 1.82) is 0 Å². The molecule has 0 unspecified atom stereocenters. The van der Waals surface area contributed by atoms with E-state index in [0.29, 0.717) is 17.1 Å². The van der Waals surface area contributed by atoms with Gasteiger partial charge in [-0.15, -0.1) is 0 Å². The van der Waals surface area contributed by atoms with Crippen molar-refractivity contribution in [2.24, 2.45) is 0 Å². The van der Waals surface area contributed by atoms with Gasteiger partial charge in [0.2, 0.25) is 0 Å². The highest BCUT2D eigenvalue weighted by Crippen LogP contribution is 2.11. The minimum atomic E-state index is -0.124. The average Bonchev–Trinajstić information content (AvgIpc) is 2.69. The van der Waals surface area contributed by atoms with Crippen LogP contribution < -0.4 is 10.6 Å². The molecule has 1 saturated heterocycles. The highest BCUT2D eigenvalue weighted by molar-refractivity contribution is 6.30. The zero-order chi connectivity index (χ0) is 18.9. The highest BCUT2D eigenvalue weighted by Gasteiger charge is 2.10. The van der Waals surface area contributed by atoms with E-state index in [1.165, 1.54) is 0 Å². The molecular formula is C20H25ClN4O2. The second-order valence-corrected chi connectivity index (χ2v) is 6.92. The number of carbonyl (C=O) groups excluding carboxylic acids is 1. The molecule has 27 heavy (non-hydrogen) atoms. The molecular weight excluding hydrogens is 364 g/mol. The van der Waals surface area contributed by atoms with E-state index in [1.54, 1.807) is 12.4 Å². The fourth-order valence-corrected chi connectivity index (χ4v) is 3.17. The number of pyridine rings is 1. The fourth-order valence-electron chi connectivity index (χ4n) is 2.96. The van der Waals surface area contributed by atoms with Crippen LogP contribution in [-0.2, 0) is 11.2 Å². The van der Waals surface area contributed by atoms with Crippen LogP contribution in [0.15, 0.2) is 42.7 Å². The number of nitrogens with one attached hydrogen (secondary N) is 2. The van der Waals surface area contributed by atoms with Gasteiger partial charge in [0.25, 0.3) is 5.91 Å². The minimum absolute atomic E-state index is 0.124. The van der Waals surface area contributed by atoms with Gasteiger partial charge in [-0.1, -0.05) is 23.7 Å². The molecule has 144 valence electrons. The molecule has 1 aliphatic rings. The first-order chi connectivity index (χ1) is 13.2. The summed E-state index contributed by atoms with van der Waals surface area (Å²) in [5.74, 6) is -0.124. The van der Waals surface area contributed by atoms with Crippen molar-refractivity contribution in [1.82, 2.24) is 15.2 Å². The molecule has 1 aromatic heterocycles. The number of halogens is 1. The van der Waals surface area contributed by atoms with Crippen LogP contribution in [0.2, 0.25) is 5.02 Å². The Labute approximate surface area is 164 Å². The largest absolute Gasteiger partial charge is 0.382 e. The number of anilines is 1. The number of rotatable bonds is 8. The number of aromatic nitrogens is 1. The lowest BCUT2D eigenvalue weighted by atomic mass is 10.1. The number of amides is 1. The van der Waals surface area contributed by atoms with Gasteiger partial charge in [0, 0.05) is 50.1 Å². The molecule has 2 N–H and O–H groups in total. The first-order valence-corrected chi connectivity index (χ1v) is 9.60. The summed E-state index contributed by atoms with van der Waals surface area (Å²) in [4.78, 5) is 18.9. The van der Waals surface area contributed by atoms with Crippen LogP contribution in [0.25, 0.3) is 0 Å². The molecule has 3 rings (SSSR count). The lowest BCUT2D eigenvalue weighted by Gasteiger charge is -2.26. The summed E-state index contributed by atoms with van der Waals surface area (Å²) < 4.78 is 5.35. The van der Waals surface area contributed by atoms with E-state index < -0.39 is 0 Å². The Morgan fingerprint density at radius 3 is 2.85 bits per heavy atom. The Morgan fingerprint density at radius 1 is 1.19 bits per heavy atom. The third kappa shape index (κ3) is 6.50. The smallest absolute Gasteiger partial charge is 0.252 e. The van der Waals surface area contributed by atoms with E-state index in [0.717, 1.165) is 57.1 Å². The Morgan fingerprint density at radius 2 is 2.04 bits per heavy atom. The predicted molar refractivity (Wildman–Crippen MR) is 107 cm³/mol. The number of nitrogens with zero attached hydrogens (tertiary/aromatic N) is 2. The lowest BCUT2D eigenvalue weighted by Crippen LogP contribution is -2.39. The van der Waals surface area contributed by atoms with Crippen LogP contribution in [-0.4, -0.2) is 61.7 Å². The number of carbonyl (C=O) groups is 1. The van der Waals surface area contributed by atoms with Crippen LogP contribution in [0.1, 0.15) is 15.9 Å². The Kier molecular flexibility index (Phi) is 7.45. The van der Waals surface area contributed by atoms with Gasteiger partial charge < -0.3 is 15.4 Å². The predicted octanol–water partition coefficient (Wildman–Crippen LogP) is 2.45. The lowest BCUT2D eigenvalue weighted by molar-refractivity contribution is 0.0398. The monoisotopic (exact) mass is 388 g/mol. The van der Waals surface area contributed by atoms with Crippen molar-refractivity contribution in [3.63, 3.8) is 0 Å². The topological polar surface area (TPSA) is 66.5 Å². The van der Waals surface area contributed by atoms with Gasteiger partial charge >= 0.3 is 0 Å². The molecule has 7 heteroatoms. The maximum Gasteiger partial charge on any atom is 0.252 e. The summed E-state index contributed by atoms with van der Waals surface area (Å²) >= 11 is 5.98. The number of hydrogen-bond acceptors (Lipinski definition) is 5. The van der Waals surface area contributed by atoms with E-state index in [4.69, 9.17) is 16.3 Å². The molecule has 0 atom stereocenters. The van der Waals surface area contributed by atoms with E-state index in [2.05, 4.69) is 20.5 Å². The molecule has 0 aliphatic carbocycles. The first kappa shape index (κ1) is 19.6. The van der Waals surface area contributed by atoms with Gasteiger partial charge in [-0.2, -0.15) is 0 Å². The molecule has 0 spiro atoms. The van der Waals surface area contributed by atoms with Crippen LogP contribution >= 0.6 is 11.6 Å². The van der Waals surface area contributed by atoms with Crippen molar-refractivity contribution in [2.45, 2.75) is 6.42 Å². The maximum absolute atomic E-state index is 12.3. The van der Waals surface area contributed by atoms with Gasteiger partial charge in [-0.3, -0.25) is 14.7 Å². The summed E-state index contributed by atoms with van der Waals surface area (Å²) in [6.45, 7) is 5.83. The number of morpholine rings is 1. The van der Waals surface area contributed by atoms with E-state index in [1.807, 2.05) is 30.3 Å². The summed E-state index contributed by atoms with van der Waals surface area (Å²) in [7, 11) is 0. The standard InChI is InChI=1S/C20H25ClN4O2/c21-18-3-1-2-16(12-18)4-5-24-20(26)17-13-19(15-22-14-17)23-6-7-25-8-10-27-11-9-25/h1-3,12-15,23H,4-11H2,(H,24,26). The SMILES string of the molecule is O=C(NCCc1cccc(Cl)c1)c1cncc(NCCN2CCOCC2)c1. The molecule has 6 nitrogen and oxygen atoms in total. The summed E-state index contributed by atoms with van der Waals surface area (Å²) in [6.07, 6.45) is 4.06. The van der Waals surface area contributed by atoms with Crippen molar-refractivity contribution < 1.29 is 9.53 Å². The third-order valence-electron chi connectivity index (χ3n) is 4.45. The molecule has 1 aliphatic heterocycles. The number of benzene rings is 1. The normalized spacial score (nSPS) is 14.7. The van der Waals surface area contributed by atoms with Crippen molar-refractivity contribution in [3.05, 3.63) is 58.9 Å². The third-order valence-corrected chi connectivity index (χ3v) is 4.68. The molecule has 2 heterocycles. The Balaban J connectivity index is 1.43. The summed E-state index contributed by atoms with van der Waals surface area (Å²) in [5.41, 5.74) is 2.50. The molecule has 0 radical (unpaired) electrons. The van der Waals surface area contributed by atoms with Crippen LogP contribution in [0.4, 0.5) is 5.69 Å². The van der Waals surface area contributed by atoms with Crippen LogP contribution in [0.5, 0.6) is 0 Å². The second kappa shape index (κ2) is 10.3. The maximum atomic E-state index is 12.3. The van der Waals surface area contributed by atoms with E-state index >= 15 is 0 Å². The van der Waals surface area contributed by atoms with Gasteiger partial charge in [0.1, 0.15) is 0 Å². The van der Waals surface area contributed by atoms with Crippen molar-refractivity contribution in [2.75, 3.05) is 51.3 Å². The zero-order valence-corrected chi connectivity index (χ0v) is 16.0. The molecule has 1 amide bonds. The highest BCUT2D eigenvalue weighted by atomic mass is 35.5. The van der Waals surface area contributed by atoms with Gasteiger partial charge in [-0.25, -0.2) is 0 Å². The molecule has 1 aromatic carbocycles. The minimum Gasteiger partial charge on any atom is -0.382 e. The van der Waals surface area contributed by atoms with Gasteiger partial charge in [-0.05, 0) is 30.2 Å².